The van der Waals surface area contributed by atoms with E-state index in [9.17, 15) is 17.6 Å². The minimum absolute atomic E-state index is 0.0215. The molecule has 6 heteroatoms. The zero-order valence-corrected chi connectivity index (χ0v) is 12.6. The molecule has 0 spiro atoms. The minimum Gasteiger partial charge on any atom is -0.497 e. The smallest absolute Gasteiger partial charge is 0.134 e. The Bertz CT molecular complexity index is 637. The van der Waals surface area contributed by atoms with Crippen LogP contribution in [0.3, 0.4) is 0 Å². The fourth-order valence-corrected chi connectivity index (χ4v) is 2.75. The van der Waals surface area contributed by atoms with Gasteiger partial charge in [0.25, 0.3) is 0 Å². The summed E-state index contributed by atoms with van der Waals surface area (Å²) in [6, 6.07) is 5.17. The Hall–Kier alpha value is -1.56. The number of alkyl halides is 1. The second kappa shape index (κ2) is 6.47. The van der Waals surface area contributed by atoms with E-state index in [0.29, 0.717) is 0 Å². The van der Waals surface area contributed by atoms with E-state index in [4.69, 9.17) is 4.74 Å². The van der Waals surface area contributed by atoms with E-state index in [1.54, 1.807) is 0 Å². The molecule has 0 aliphatic rings. The Labute approximate surface area is 127 Å². The van der Waals surface area contributed by atoms with Gasteiger partial charge in [-0.05, 0) is 18.1 Å². The van der Waals surface area contributed by atoms with Crippen LogP contribution in [0.5, 0.6) is 5.75 Å². The number of hydrogen-bond acceptors (Lipinski definition) is 1. The number of ether oxygens (including phenoxy) is 1. The first kappa shape index (κ1) is 15.8. The summed E-state index contributed by atoms with van der Waals surface area (Å²) in [5.74, 6) is -2.99. The van der Waals surface area contributed by atoms with Crippen molar-refractivity contribution >= 4 is 15.9 Å². The van der Waals surface area contributed by atoms with Gasteiger partial charge in [-0.1, -0.05) is 22.0 Å². The Kier molecular flexibility index (Phi) is 4.88. The molecule has 0 aliphatic carbocycles. The van der Waals surface area contributed by atoms with Crippen LogP contribution >= 0.6 is 15.9 Å². The number of rotatable bonds is 4. The van der Waals surface area contributed by atoms with Gasteiger partial charge in [-0.3, -0.25) is 0 Å². The van der Waals surface area contributed by atoms with Gasteiger partial charge in [0.15, 0.2) is 0 Å². The molecular formula is C15H11BrF4O. The Morgan fingerprint density at radius 2 is 1.62 bits per heavy atom. The average molecular weight is 363 g/mol. The quantitative estimate of drug-likeness (QED) is 0.553. The highest BCUT2D eigenvalue weighted by molar-refractivity contribution is 9.09. The van der Waals surface area contributed by atoms with Crippen LogP contribution in [0, 0.1) is 23.3 Å². The highest BCUT2D eigenvalue weighted by Crippen LogP contribution is 2.34. The molecule has 112 valence electrons. The lowest BCUT2D eigenvalue weighted by Crippen LogP contribution is -2.04. The van der Waals surface area contributed by atoms with Gasteiger partial charge in [0, 0.05) is 28.6 Å². The molecule has 0 amide bonds. The third kappa shape index (κ3) is 3.56. The van der Waals surface area contributed by atoms with Gasteiger partial charge in [-0.15, -0.1) is 0 Å². The van der Waals surface area contributed by atoms with E-state index in [1.165, 1.54) is 13.2 Å². The predicted octanol–water partition coefficient (Wildman–Crippen LogP) is 4.93. The van der Waals surface area contributed by atoms with E-state index >= 15 is 0 Å². The maximum absolute atomic E-state index is 13.9. The minimum atomic E-state index is -0.795. The summed E-state index contributed by atoms with van der Waals surface area (Å²) in [6.45, 7) is 0. The Balaban J connectivity index is 2.30. The van der Waals surface area contributed by atoms with Gasteiger partial charge in [-0.25, -0.2) is 17.6 Å². The molecule has 2 aromatic carbocycles. The van der Waals surface area contributed by atoms with Crippen LogP contribution in [0.15, 0.2) is 30.3 Å². The van der Waals surface area contributed by atoms with Crippen molar-refractivity contribution in [2.75, 3.05) is 7.11 Å². The van der Waals surface area contributed by atoms with Crippen molar-refractivity contribution in [2.24, 2.45) is 0 Å². The lowest BCUT2D eigenvalue weighted by Gasteiger charge is -2.14. The standard InChI is InChI=1S/C15H11BrF4O/c1-21-10-6-13(19)15(14(20)7-10)11(16)4-8-2-3-9(17)5-12(8)18/h2-3,5-7,11H,4H2,1H3. The van der Waals surface area contributed by atoms with E-state index < -0.39 is 28.1 Å². The fourth-order valence-electron chi connectivity index (χ4n) is 1.96. The number of hydrogen-bond donors (Lipinski definition) is 0. The van der Waals surface area contributed by atoms with Crippen LogP contribution in [0.4, 0.5) is 17.6 Å². The predicted molar refractivity (Wildman–Crippen MR) is 74.6 cm³/mol. The summed E-state index contributed by atoms with van der Waals surface area (Å²) in [5, 5.41) is 0. The van der Waals surface area contributed by atoms with E-state index in [2.05, 4.69) is 15.9 Å². The van der Waals surface area contributed by atoms with Gasteiger partial charge in [0.2, 0.25) is 0 Å². The van der Waals surface area contributed by atoms with Crippen molar-refractivity contribution in [2.45, 2.75) is 11.2 Å². The van der Waals surface area contributed by atoms with Crippen LogP contribution in [-0.4, -0.2) is 7.11 Å². The first-order chi connectivity index (χ1) is 9.92. The van der Waals surface area contributed by atoms with Crippen molar-refractivity contribution in [1.29, 1.82) is 0 Å². The summed E-state index contributed by atoms with van der Waals surface area (Å²) in [6.07, 6.45) is -0.0215. The lowest BCUT2D eigenvalue weighted by molar-refractivity contribution is 0.405. The van der Waals surface area contributed by atoms with Crippen LogP contribution in [0.1, 0.15) is 16.0 Å². The van der Waals surface area contributed by atoms with Gasteiger partial charge >= 0.3 is 0 Å². The molecule has 0 N–H and O–H groups in total. The van der Waals surface area contributed by atoms with E-state index in [-0.39, 0.29) is 23.3 Å². The Morgan fingerprint density at radius 1 is 1.00 bits per heavy atom. The van der Waals surface area contributed by atoms with Crippen LogP contribution in [0.2, 0.25) is 0 Å². The van der Waals surface area contributed by atoms with E-state index in [1.807, 2.05) is 0 Å². The second-order valence-electron chi connectivity index (χ2n) is 4.41. The number of benzene rings is 2. The molecule has 0 aromatic heterocycles. The molecule has 1 atom stereocenters. The molecule has 2 aromatic rings. The van der Waals surface area contributed by atoms with Crippen molar-refractivity contribution in [3.63, 3.8) is 0 Å². The summed E-state index contributed by atoms with van der Waals surface area (Å²) < 4.78 is 59.0. The monoisotopic (exact) mass is 362 g/mol. The number of halogens is 5. The van der Waals surface area contributed by atoms with Crippen molar-refractivity contribution in [3.05, 3.63) is 64.7 Å². The molecule has 21 heavy (non-hydrogen) atoms. The fraction of sp³-hybridized carbons (Fsp3) is 0.200. The lowest BCUT2D eigenvalue weighted by atomic mass is 10.0. The topological polar surface area (TPSA) is 9.23 Å². The molecular weight excluding hydrogens is 352 g/mol. The molecule has 0 bridgehead atoms. The van der Waals surface area contributed by atoms with Gasteiger partial charge in [0.05, 0.1) is 7.11 Å². The summed E-state index contributed by atoms with van der Waals surface area (Å²) in [5.41, 5.74) is -0.0626. The van der Waals surface area contributed by atoms with Gasteiger partial charge in [0.1, 0.15) is 29.0 Å². The normalized spacial score (nSPS) is 12.3. The number of methoxy groups -OCH3 is 1. The molecule has 0 saturated carbocycles. The molecule has 1 unspecified atom stereocenters. The van der Waals surface area contributed by atoms with Crippen LogP contribution in [-0.2, 0) is 6.42 Å². The molecule has 0 radical (unpaired) electrons. The van der Waals surface area contributed by atoms with Gasteiger partial charge in [-0.2, -0.15) is 0 Å². The summed E-state index contributed by atoms with van der Waals surface area (Å²) >= 11 is 3.14. The van der Waals surface area contributed by atoms with E-state index in [0.717, 1.165) is 24.3 Å². The van der Waals surface area contributed by atoms with Crippen molar-refractivity contribution in [3.8, 4) is 5.75 Å². The highest BCUT2D eigenvalue weighted by Gasteiger charge is 2.21. The molecule has 2 rings (SSSR count). The van der Waals surface area contributed by atoms with Crippen molar-refractivity contribution < 1.29 is 22.3 Å². The highest BCUT2D eigenvalue weighted by atomic mass is 79.9. The first-order valence-corrected chi connectivity index (χ1v) is 6.95. The third-order valence-electron chi connectivity index (χ3n) is 3.02. The molecule has 1 nitrogen and oxygen atoms in total. The third-order valence-corrected chi connectivity index (χ3v) is 3.80. The zero-order chi connectivity index (χ0) is 15.6. The SMILES string of the molecule is COc1cc(F)c(C(Br)Cc2ccc(F)cc2F)c(F)c1. The van der Waals surface area contributed by atoms with Crippen molar-refractivity contribution in [1.82, 2.24) is 0 Å². The largest absolute Gasteiger partial charge is 0.497 e. The molecule has 0 aliphatic heterocycles. The zero-order valence-electron chi connectivity index (χ0n) is 11.0. The molecule has 0 fully saturated rings. The summed E-state index contributed by atoms with van der Waals surface area (Å²) in [7, 11) is 1.30. The Morgan fingerprint density at radius 3 is 2.14 bits per heavy atom. The molecule has 0 heterocycles. The second-order valence-corrected chi connectivity index (χ2v) is 5.52. The first-order valence-electron chi connectivity index (χ1n) is 6.03. The molecule has 0 saturated heterocycles. The average Bonchev–Trinajstić information content (AvgIpc) is 2.41. The summed E-state index contributed by atoms with van der Waals surface area (Å²) in [4.78, 5) is -0.789. The van der Waals surface area contributed by atoms with Gasteiger partial charge < -0.3 is 4.74 Å². The van der Waals surface area contributed by atoms with Crippen LogP contribution < -0.4 is 4.74 Å². The van der Waals surface area contributed by atoms with Crippen LogP contribution in [0.25, 0.3) is 0 Å². The maximum atomic E-state index is 13.9. The maximum Gasteiger partial charge on any atom is 0.134 e.